The molecule has 0 fully saturated rings. The molecule has 1 rings (SSSR count). The zero-order chi connectivity index (χ0) is 13.9. The number of rotatable bonds is 5. The van der Waals surface area contributed by atoms with Gasteiger partial charge in [-0.05, 0) is 43.9 Å². The van der Waals surface area contributed by atoms with Crippen molar-refractivity contribution < 1.29 is 9.90 Å². The summed E-state index contributed by atoms with van der Waals surface area (Å²) in [4.78, 5) is 11.1. The molecule has 0 aromatic heterocycles. The number of benzene rings is 1. The molecule has 0 radical (unpaired) electrons. The maximum Gasteiger partial charge on any atom is 0.337 e. The number of carboxylic acid groups (broad SMARTS) is 1. The Morgan fingerprint density at radius 3 is 2.50 bits per heavy atom. The first-order valence-corrected chi connectivity index (χ1v) is 6.21. The van der Waals surface area contributed by atoms with Gasteiger partial charge in [0.1, 0.15) is 0 Å². The van der Waals surface area contributed by atoms with Gasteiger partial charge < -0.3 is 16.2 Å². The van der Waals surface area contributed by atoms with E-state index in [0.717, 1.165) is 17.7 Å². The summed E-state index contributed by atoms with van der Waals surface area (Å²) < 4.78 is 0. The summed E-state index contributed by atoms with van der Waals surface area (Å²) >= 11 is 0. The lowest BCUT2D eigenvalue weighted by Gasteiger charge is -2.18. The first kappa shape index (κ1) is 14.4. The fourth-order valence-electron chi connectivity index (χ4n) is 2.11. The molecule has 0 saturated carbocycles. The summed E-state index contributed by atoms with van der Waals surface area (Å²) in [6.07, 6.45) is 1.03. The number of aromatic carboxylic acids is 1. The molecule has 0 bridgehead atoms. The molecule has 1 unspecified atom stereocenters. The average molecular weight is 250 g/mol. The Hall–Kier alpha value is -1.71. The number of hydrogen-bond donors (Lipinski definition) is 3. The van der Waals surface area contributed by atoms with Crippen molar-refractivity contribution in [1.82, 2.24) is 0 Å². The molecular weight excluding hydrogens is 228 g/mol. The molecule has 0 saturated heterocycles. The number of carboxylic acids is 1. The molecule has 1 aromatic rings. The first-order chi connectivity index (χ1) is 8.31. The van der Waals surface area contributed by atoms with E-state index in [-0.39, 0.29) is 5.56 Å². The summed E-state index contributed by atoms with van der Waals surface area (Å²) in [6.45, 7) is 8.23. The molecule has 18 heavy (non-hydrogen) atoms. The van der Waals surface area contributed by atoms with E-state index in [9.17, 15) is 4.79 Å². The Labute approximate surface area is 108 Å². The van der Waals surface area contributed by atoms with Gasteiger partial charge in [-0.1, -0.05) is 13.8 Å². The summed E-state index contributed by atoms with van der Waals surface area (Å²) in [6, 6.07) is 3.79. The second-order valence-corrected chi connectivity index (χ2v) is 5.23. The monoisotopic (exact) mass is 250 g/mol. The van der Waals surface area contributed by atoms with Crippen LogP contribution in [-0.2, 0) is 0 Å². The summed E-state index contributed by atoms with van der Waals surface area (Å²) in [5.41, 5.74) is 7.85. The average Bonchev–Trinajstić information content (AvgIpc) is 2.21. The zero-order valence-electron chi connectivity index (χ0n) is 11.4. The largest absolute Gasteiger partial charge is 0.478 e. The normalized spacial score (nSPS) is 12.5. The highest BCUT2D eigenvalue weighted by Crippen LogP contribution is 2.24. The number of nitrogen functional groups attached to an aromatic ring is 1. The molecule has 4 N–H and O–H groups in total. The minimum absolute atomic E-state index is 0.161. The van der Waals surface area contributed by atoms with Crippen molar-refractivity contribution in [3.05, 3.63) is 23.3 Å². The fraction of sp³-hybridized carbons (Fsp3) is 0.500. The third-order valence-corrected chi connectivity index (χ3v) is 2.86. The maximum absolute atomic E-state index is 11.1. The van der Waals surface area contributed by atoms with Gasteiger partial charge in [-0.15, -0.1) is 0 Å². The van der Waals surface area contributed by atoms with Crippen LogP contribution >= 0.6 is 0 Å². The van der Waals surface area contributed by atoms with E-state index >= 15 is 0 Å². The number of nitrogens with one attached hydrogen (secondary N) is 1. The van der Waals surface area contributed by atoms with Gasteiger partial charge >= 0.3 is 5.97 Å². The fourth-order valence-corrected chi connectivity index (χ4v) is 2.11. The smallest absolute Gasteiger partial charge is 0.337 e. The topological polar surface area (TPSA) is 75.3 Å². The quantitative estimate of drug-likeness (QED) is 0.702. The first-order valence-electron chi connectivity index (χ1n) is 6.21. The zero-order valence-corrected chi connectivity index (χ0v) is 11.4. The van der Waals surface area contributed by atoms with E-state index in [1.807, 2.05) is 13.0 Å². The van der Waals surface area contributed by atoms with Crippen LogP contribution in [0.25, 0.3) is 0 Å². The number of hydrogen-bond acceptors (Lipinski definition) is 3. The molecule has 4 heteroatoms. The van der Waals surface area contributed by atoms with Crippen LogP contribution in [0, 0.1) is 12.8 Å². The Bertz CT molecular complexity index is 442. The van der Waals surface area contributed by atoms with Crippen molar-refractivity contribution in [3.63, 3.8) is 0 Å². The number of aryl methyl sites for hydroxylation is 1. The van der Waals surface area contributed by atoms with E-state index in [4.69, 9.17) is 10.8 Å². The van der Waals surface area contributed by atoms with Crippen LogP contribution in [0.2, 0.25) is 0 Å². The summed E-state index contributed by atoms with van der Waals surface area (Å²) in [5, 5.41) is 12.4. The summed E-state index contributed by atoms with van der Waals surface area (Å²) in [7, 11) is 0. The summed E-state index contributed by atoms with van der Waals surface area (Å²) in [5.74, 6) is -0.392. The van der Waals surface area contributed by atoms with Gasteiger partial charge in [-0.25, -0.2) is 4.79 Å². The van der Waals surface area contributed by atoms with Crippen LogP contribution in [0.3, 0.4) is 0 Å². The minimum Gasteiger partial charge on any atom is -0.478 e. The van der Waals surface area contributed by atoms with E-state index in [1.54, 1.807) is 6.07 Å². The predicted molar refractivity (Wildman–Crippen MR) is 75.1 cm³/mol. The number of anilines is 2. The molecule has 0 spiro atoms. The van der Waals surface area contributed by atoms with Gasteiger partial charge in [-0.3, -0.25) is 0 Å². The lowest BCUT2D eigenvalue weighted by atomic mass is 10.0. The molecule has 1 aromatic carbocycles. The molecule has 100 valence electrons. The predicted octanol–water partition coefficient (Wildman–Crippen LogP) is 3.12. The van der Waals surface area contributed by atoms with Gasteiger partial charge in [0.2, 0.25) is 0 Å². The van der Waals surface area contributed by atoms with Crippen LogP contribution in [0.4, 0.5) is 11.4 Å². The van der Waals surface area contributed by atoms with Crippen LogP contribution in [-0.4, -0.2) is 17.1 Å². The van der Waals surface area contributed by atoms with Crippen molar-refractivity contribution in [2.75, 3.05) is 11.1 Å². The van der Waals surface area contributed by atoms with E-state index < -0.39 is 5.97 Å². The standard InChI is InChI=1S/C14H22N2O2/c1-8(2)5-10(4)16-11-6-9(3)13(15)12(7-11)14(17)18/h6-8,10,16H,5,15H2,1-4H3,(H,17,18). The molecule has 0 amide bonds. The van der Waals surface area contributed by atoms with Crippen molar-refractivity contribution in [2.24, 2.45) is 5.92 Å². The van der Waals surface area contributed by atoms with Gasteiger partial charge in [0, 0.05) is 17.4 Å². The van der Waals surface area contributed by atoms with E-state index in [1.165, 1.54) is 0 Å². The van der Waals surface area contributed by atoms with Crippen LogP contribution in [0.1, 0.15) is 43.1 Å². The van der Waals surface area contributed by atoms with Crippen molar-refractivity contribution in [1.29, 1.82) is 0 Å². The highest BCUT2D eigenvalue weighted by atomic mass is 16.4. The van der Waals surface area contributed by atoms with Gasteiger partial charge in [0.25, 0.3) is 0 Å². The molecule has 0 aliphatic heterocycles. The van der Waals surface area contributed by atoms with Crippen molar-refractivity contribution >= 4 is 17.3 Å². The number of carbonyl (C=O) groups is 1. The second-order valence-electron chi connectivity index (χ2n) is 5.23. The second kappa shape index (κ2) is 5.76. The van der Waals surface area contributed by atoms with E-state index in [2.05, 4.69) is 26.1 Å². The highest BCUT2D eigenvalue weighted by Gasteiger charge is 2.13. The van der Waals surface area contributed by atoms with Gasteiger partial charge in [0.05, 0.1) is 5.56 Å². The van der Waals surface area contributed by atoms with E-state index in [0.29, 0.717) is 17.6 Å². The van der Waals surface area contributed by atoms with Gasteiger partial charge in [-0.2, -0.15) is 0 Å². The lowest BCUT2D eigenvalue weighted by Crippen LogP contribution is -2.18. The lowest BCUT2D eigenvalue weighted by molar-refractivity contribution is 0.0698. The Morgan fingerprint density at radius 2 is 2.00 bits per heavy atom. The van der Waals surface area contributed by atoms with Crippen LogP contribution in [0.5, 0.6) is 0 Å². The molecule has 0 aliphatic carbocycles. The minimum atomic E-state index is -0.990. The Morgan fingerprint density at radius 1 is 1.39 bits per heavy atom. The third-order valence-electron chi connectivity index (χ3n) is 2.86. The molecule has 0 aliphatic rings. The van der Waals surface area contributed by atoms with Crippen molar-refractivity contribution in [2.45, 2.75) is 40.2 Å². The Kier molecular flexibility index (Phi) is 4.59. The molecule has 0 heterocycles. The van der Waals surface area contributed by atoms with Crippen LogP contribution < -0.4 is 11.1 Å². The number of nitrogens with two attached hydrogens (primary N) is 1. The van der Waals surface area contributed by atoms with Gasteiger partial charge in [0.15, 0.2) is 0 Å². The maximum atomic E-state index is 11.1. The van der Waals surface area contributed by atoms with Crippen molar-refractivity contribution in [3.8, 4) is 0 Å². The third kappa shape index (κ3) is 3.65. The molecular formula is C14H22N2O2. The Balaban J connectivity index is 2.94. The SMILES string of the molecule is Cc1cc(NC(C)CC(C)C)cc(C(=O)O)c1N. The highest BCUT2D eigenvalue weighted by molar-refractivity contribution is 5.95. The van der Waals surface area contributed by atoms with Crippen LogP contribution in [0.15, 0.2) is 12.1 Å². The molecule has 1 atom stereocenters. The molecule has 4 nitrogen and oxygen atoms in total.